The van der Waals surface area contributed by atoms with Crippen molar-refractivity contribution in [3.63, 3.8) is 0 Å². The summed E-state index contributed by atoms with van der Waals surface area (Å²) in [6.07, 6.45) is 1.27. The van der Waals surface area contributed by atoms with Crippen molar-refractivity contribution in [2.24, 2.45) is 5.92 Å². The van der Waals surface area contributed by atoms with Crippen molar-refractivity contribution in [2.45, 2.75) is 13.8 Å². The van der Waals surface area contributed by atoms with Crippen LogP contribution in [0.1, 0.15) is 13.8 Å². The molecule has 0 aromatic carbocycles. The van der Waals surface area contributed by atoms with Crippen molar-refractivity contribution in [2.75, 3.05) is 0 Å². The second-order valence-electron chi connectivity index (χ2n) is 1.64. The van der Waals surface area contributed by atoms with E-state index in [2.05, 4.69) is 0 Å². The summed E-state index contributed by atoms with van der Waals surface area (Å²) in [6.45, 7) is 3.53. The average molecular weight is 98.1 g/mol. The van der Waals surface area contributed by atoms with Gasteiger partial charge in [0.15, 0.2) is 0 Å². The van der Waals surface area contributed by atoms with Crippen LogP contribution in [0.25, 0.3) is 0 Å². The first-order valence-electron chi connectivity index (χ1n) is 2.24. The molecule has 1 atom stereocenters. The summed E-state index contributed by atoms with van der Waals surface area (Å²) in [7, 11) is 0. The molecule has 2 heteroatoms. The molecule has 0 fully saturated rings. The van der Waals surface area contributed by atoms with Crippen LogP contribution in [0, 0.1) is 16.7 Å². The monoisotopic (exact) mass is 98.1 g/mol. The molecule has 0 aliphatic heterocycles. The summed E-state index contributed by atoms with van der Waals surface area (Å²) >= 11 is 0. The molecule has 0 aromatic heterocycles. The van der Waals surface area contributed by atoms with Crippen LogP contribution >= 0.6 is 0 Å². The SMILES string of the molecule is CC(=N)C(C)C=N. The molecule has 0 radical (unpaired) electrons. The molecule has 0 saturated heterocycles. The van der Waals surface area contributed by atoms with E-state index < -0.39 is 0 Å². The minimum Gasteiger partial charge on any atom is -0.312 e. The smallest absolute Gasteiger partial charge is 0.0282 e. The Labute approximate surface area is 43.6 Å². The molecule has 0 heterocycles. The zero-order chi connectivity index (χ0) is 5.86. The van der Waals surface area contributed by atoms with Gasteiger partial charge in [-0.1, -0.05) is 6.92 Å². The summed E-state index contributed by atoms with van der Waals surface area (Å²) in [5.41, 5.74) is 0.551. The molecule has 0 bridgehead atoms. The Morgan fingerprint density at radius 1 is 1.71 bits per heavy atom. The molecule has 0 aromatic rings. The molecular weight excluding hydrogens is 88.1 g/mol. The Bertz CT molecular complexity index is 86.1. The van der Waals surface area contributed by atoms with Crippen LogP contribution in [0.15, 0.2) is 0 Å². The fraction of sp³-hybridized carbons (Fsp3) is 0.600. The van der Waals surface area contributed by atoms with E-state index in [1.807, 2.05) is 6.92 Å². The summed E-state index contributed by atoms with van der Waals surface area (Å²) in [5.74, 6) is 0.0278. The zero-order valence-corrected chi connectivity index (χ0v) is 4.65. The van der Waals surface area contributed by atoms with Gasteiger partial charge in [-0.25, -0.2) is 0 Å². The highest BCUT2D eigenvalue weighted by Gasteiger charge is 1.95. The Hall–Kier alpha value is -0.660. The first kappa shape index (κ1) is 6.34. The van der Waals surface area contributed by atoms with Gasteiger partial charge in [0.25, 0.3) is 0 Å². The molecule has 40 valence electrons. The zero-order valence-electron chi connectivity index (χ0n) is 4.65. The van der Waals surface area contributed by atoms with E-state index >= 15 is 0 Å². The van der Waals surface area contributed by atoms with Gasteiger partial charge in [0.1, 0.15) is 0 Å². The van der Waals surface area contributed by atoms with Crippen molar-refractivity contribution < 1.29 is 0 Å². The minimum absolute atomic E-state index is 0.0278. The van der Waals surface area contributed by atoms with E-state index in [1.54, 1.807) is 6.92 Å². The van der Waals surface area contributed by atoms with Crippen molar-refractivity contribution in [3.05, 3.63) is 0 Å². The topological polar surface area (TPSA) is 47.7 Å². The van der Waals surface area contributed by atoms with Gasteiger partial charge in [0.05, 0.1) is 0 Å². The number of hydrogen-bond donors (Lipinski definition) is 2. The number of hydrogen-bond acceptors (Lipinski definition) is 2. The molecule has 7 heavy (non-hydrogen) atoms. The van der Waals surface area contributed by atoms with Gasteiger partial charge in [-0.2, -0.15) is 0 Å². The predicted molar refractivity (Wildman–Crippen MR) is 31.3 cm³/mol. The Kier molecular flexibility index (Phi) is 2.27. The van der Waals surface area contributed by atoms with Crippen LogP contribution in [-0.2, 0) is 0 Å². The molecule has 2 nitrogen and oxygen atoms in total. The first-order chi connectivity index (χ1) is 3.18. The van der Waals surface area contributed by atoms with E-state index in [9.17, 15) is 0 Å². The van der Waals surface area contributed by atoms with Gasteiger partial charge in [-0.3, -0.25) is 0 Å². The molecule has 0 aliphatic carbocycles. The van der Waals surface area contributed by atoms with Crippen LogP contribution < -0.4 is 0 Å². The van der Waals surface area contributed by atoms with Crippen molar-refractivity contribution in [3.8, 4) is 0 Å². The fourth-order valence-corrected chi connectivity index (χ4v) is 0.125. The van der Waals surface area contributed by atoms with Gasteiger partial charge < -0.3 is 10.8 Å². The van der Waals surface area contributed by atoms with Crippen LogP contribution in [0.5, 0.6) is 0 Å². The quantitative estimate of drug-likeness (QED) is 0.489. The lowest BCUT2D eigenvalue weighted by Gasteiger charge is -1.96. The molecule has 1 unspecified atom stereocenters. The van der Waals surface area contributed by atoms with E-state index in [4.69, 9.17) is 10.8 Å². The van der Waals surface area contributed by atoms with E-state index in [1.165, 1.54) is 6.21 Å². The minimum atomic E-state index is 0.0278. The predicted octanol–water partition coefficient (Wildman–Crippen LogP) is 1.31. The lowest BCUT2D eigenvalue weighted by molar-refractivity contribution is 1.05. The Morgan fingerprint density at radius 3 is 2.14 bits per heavy atom. The second kappa shape index (κ2) is 2.50. The number of nitrogens with one attached hydrogen (secondary N) is 2. The third-order valence-electron chi connectivity index (χ3n) is 0.933. The van der Waals surface area contributed by atoms with Crippen LogP contribution in [-0.4, -0.2) is 11.9 Å². The van der Waals surface area contributed by atoms with E-state index in [-0.39, 0.29) is 5.92 Å². The summed E-state index contributed by atoms with van der Waals surface area (Å²) in [4.78, 5) is 0. The molecule has 0 spiro atoms. The van der Waals surface area contributed by atoms with Crippen molar-refractivity contribution in [1.29, 1.82) is 10.8 Å². The normalized spacial score (nSPS) is 12.9. The highest BCUT2D eigenvalue weighted by Crippen LogP contribution is 1.88. The summed E-state index contributed by atoms with van der Waals surface area (Å²) < 4.78 is 0. The lowest BCUT2D eigenvalue weighted by atomic mass is 10.1. The highest BCUT2D eigenvalue weighted by molar-refractivity contribution is 5.93. The molecule has 0 rings (SSSR count). The number of rotatable bonds is 2. The summed E-state index contributed by atoms with van der Waals surface area (Å²) in [5, 5.41) is 13.6. The standard InChI is InChI=1S/C5H10N2/c1-4(3-6)5(2)7/h3-4,6-7H,1-2H3. The Morgan fingerprint density at radius 2 is 2.14 bits per heavy atom. The van der Waals surface area contributed by atoms with Gasteiger partial charge in [0, 0.05) is 17.8 Å². The van der Waals surface area contributed by atoms with Gasteiger partial charge >= 0.3 is 0 Å². The maximum atomic E-state index is 6.95. The second-order valence-corrected chi connectivity index (χ2v) is 1.64. The molecular formula is C5H10N2. The fourth-order valence-electron chi connectivity index (χ4n) is 0.125. The van der Waals surface area contributed by atoms with Crippen LogP contribution in [0.2, 0.25) is 0 Å². The molecule has 2 N–H and O–H groups in total. The van der Waals surface area contributed by atoms with Gasteiger partial charge in [-0.05, 0) is 6.92 Å². The highest BCUT2D eigenvalue weighted by atomic mass is 14.4. The van der Waals surface area contributed by atoms with E-state index in [0.29, 0.717) is 5.71 Å². The van der Waals surface area contributed by atoms with Crippen molar-refractivity contribution >= 4 is 11.9 Å². The van der Waals surface area contributed by atoms with Gasteiger partial charge in [0.2, 0.25) is 0 Å². The third kappa shape index (κ3) is 2.09. The molecule has 0 amide bonds. The molecule has 0 aliphatic rings. The molecule has 0 saturated carbocycles. The third-order valence-corrected chi connectivity index (χ3v) is 0.933. The largest absolute Gasteiger partial charge is 0.312 e. The van der Waals surface area contributed by atoms with Crippen LogP contribution in [0.3, 0.4) is 0 Å². The van der Waals surface area contributed by atoms with E-state index in [0.717, 1.165) is 0 Å². The van der Waals surface area contributed by atoms with Gasteiger partial charge in [-0.15, -0.1) is 0 Å². The maximum absolute atomic E-state index is 6.95. The lowest BCUT2D eigenvalue weighted by Crippen LogP contribution is -2.04. The maximum Gasteiger partial charge on any atom is 0.0282 e. The summed E-state index contributed by atoms with van der Waals surface area (Å²) in [6, 6.07) is 0. The average Bonchev–Trinajstić information content (AvgIpc) is 1.65. The first-order valence-corrected chi connectivity index (χ1v) is 2.24. The van der Waals surface area contributed by atoms with Crippen molar-refractivity contribution in [1.82, 2.24) is 0 Å². The van der Waals surface area contributed by atoms with Crippen LogP contribution in [0.4, 0.5) is 0 Å². The Balaban J connectivity index is 3.55.